The van der Waals surface area contributed by atoms with Gasteiger partial charge in [0, 0.05) is 44.4 Å². The molecule has 0 radical (unpaired) electrons. The second-order valence-electron chi connectivity index (χ2n) is 6.56. The summed E-state index contributed by atoms with van der Waals surface area (Å²) in [6.45, 7) is 1.22. The minimum atomic E-state index is -0.138. The standard InChI is InChI=1S/C20H23Cl2N7O.HI/c1-23-20(25-12-16-10-17(21)19(22)28(16)2)24-11-14-5-3-6-15(9-14)27-18(30)13-29-8-4-7-26-29;/h3-10H,11-13H2,1-2H3,(H,27,30)(H2,23,24,25);1H. The number of nitrogens with zero attached hydrogens (tertiary/aromatic N) is 4. The highest BCUT2D eigenvalue weighted by Gasteiger charge is 2.09. The maximum atomic E-state index is 12.1. The Balaban J connectivity index is 0.00000341. The molecule has 31 heavy (non-hydrogen) atoms. The van der Waals surface area contributed by atoms with Gasteiger partial charge in [-0.15, -0.1) is 24.0 Å². The largest absolute Gasteiger partial charge is 0.352 e. The molecule has 0 saturated carbocycles. The molecule has 0 spiro atoms. The fourth-order valence-corrected chi connectivity index (χ4v) is 3.26. The first-order chi connectivity index (χ1) is 14.5. The second kappa shape index (κ2) is 12.0. The molecule has 0 bridgehead atoms. The van der Waals surface area contributed by atoms with E-state index in [9.17, 15) is 4.79 Å². The molecule has 0 aliphatic rings. The third kappa shape index (κ3) is 7.15. The predicted molar refractivity (Wildman–Crippen MR) is 135 cm³/mol. The second-order valence-corrected chi connectivity index (χ2v) is 7.33. The Bertz CT molecular complexity index is 1030. The maximum absolute atomic E-state index is 12.1. The summed E-state index contributed by atoms with van der Waals surface area (Å²) in [5.41, 5.74) is 2.66. The van der Waals surface area contributed by atoms with Gasteiger partial charge in [0.15, 0.2) is 5.96 Å². The number of hydrogen-bond acceptors (Lipinski definition) is 3. The van der Waals surface area contributed by atoms with Crippen LogP contribution in [-0.4, -0.2) is 33.3 Å². The first kappa shape index (κ1) is 25.0. The van der Waals surface area contributed by atoms with Crippen LogP contribution < -0.4 is 16.0 Å². The van der Waals surface area contributed by atoms with Crippen LogP contribution in [0.25, 0.3) is 0 Å². The molecule has 0 aliphatic heterocycles. The molecule has 1 aromatic carbocycles. The number of rotatable bonds is 7. The van der Waals surface area contributed by atoms with Gasteiger partial charge in [0.2, 0.25) is 5.91 Å². The van der Waals surface area contributed by atoms with E-state index in [2.05, 4.69) is 26.0 Å². The van der Waals surface area contributed by atoms with Crippen LogP contribution in [0.5, 0.6) is 0 Å². The summed E-state index contributed by atoms with van der Waals surface area (Å²) < 4.78 is 3.39. The molecular weight excluding hydrogens is 552 g/mol. The molecule has 0 atom stereocenters. The smallest absolute Gasteiger partial charge is 0.246 e. The van der Waals surface area contributed by atoms with Crippen LogP contribution in [0.3, 0.4) is 0 Å². The summed E-state index contributed by atoms with van der Waals surface area (Å²) in [6.07, 6.45) is 3.39. The van der Waals surface area contributed by atoms with Gasteiger partial charge >= 0.3 is 0 Å². The van der Waals surface area contributed by atoms with E-state index >= 15 is 0 Å². The van der Waals surface area contributed by atoms with Gasteiger partial charge in [0.1, 0.15) is 11.7 Å². The molecule has 0 aliphatic carbocycles. The van der Waals surface area contributed by atoms with Gasteiger partial charge in [0.05, 0.1) is 11.6 Å². The summed E-state index contributed by atoms with van der Waals surface area (Å²) in [5, 5.41) is 14.4. The Morgan fingerprint density at radius 1 is 1.16 bits per heavy atom. The molecule has 3 N–H and O–H groups in total. The van der Waals surface area contributed by atoms with E-state index in [1.54, 1.807) is 30.2 Å². The zero-order valence-corrected chi connectivity index (χ0v) is 20.9. The molecule has 0 fully saturated rings. The van der Waals surface area contributed by atoms with Gasteiger partial charge in [-0.2, -0.15) is 5.10 Å². The minimum Gasteiger partial charge on any atom is -0.352 e. The SMILES string of the molecule is CN=C(NCc1cccc(NC(=O)Cn2cccn2)c1)NCc1cc(Cl)c(Cl)n1C.I. The lowest BCUT2D eigenvalue weighted by Gasteiger charge is -2.13. The van der Waals surface area contributed by atoms with Crippen LogP contribution in [0, 0.1) is 0 Å². The summed E-state index contributed by atoms with van der Waals surface area (Å²) in [6, 6.07) is 11.2. The number of nitrogens with one attached hydrogen (secondary N) is 3. The number of carbonyl (C=O) groups is 1. The lowest BCUT2D eigenvalue weighted by molar-refractivity contribution is -0.116. The zero-order chi connectivity index (χ0) is 21.5. The highest BCUT2D eigenvalue weighted by molar-refractivity contribution is 14.0. The molecule has 11 heteroatoms. The lowest BCUT2D eigenvalue weighted by Crippen LogP contribution is -2.36. The monoisotopic (exact) mass is 575 g/mol. The van der Waals surface area contributed by atoms with Crippen molar-refractivity contribution in [3.8, 4) is 0 Å². The van der Waals surface area contributed by atoms with Crippen molar-refractivity contribution >= 4 is 64.7 Å². The number of aliphatic imine (C=N–C) groups is 1. The minimum absolute atomic E-state index is 0. The number of benzene rings is 1. The van der Waals surface area contributed by atoms with E-state index < -0.39 is 0 Å². The third-order valence-electron chi connectivity index (χ3n) is 4.41. The van der Waals surface area contributed by atoms with Crippen LogP contribution in [0.4, 0.5) is 5.69 Å². The third-order valence-corrected chi connectivity index (χ3v) is 5.25. The molecular formula is C20H24Cl2IN7O. The van der Waals surface area contributed by atoms with E-state index in [0.717, 1.165) is 16.9 Å². The Morgan fingerprint density at radius 2 is 1.94 bits per heavy atom. The molecule has 166 valence electrons. The number of aromatic nitrogens is 3. The van der Waals surface area contributed by atoms with Crippen LogP contribution in [0.15, 0.2) is 53.8 Å². The average Bonchev–Trinajstić information content (AvgIpc) is 3.32. The Morgan fingerprint density at radius 3 is 2.58 bits per heavy atom. The Hall–Kier alpha value is -2.24. The van der Waals surface area contributed by atoms with Gasteiger partial charge < -0.3 is 20.5 Å². The molecule has 8 nitrogen and oxygen atoms in total. The normalized spacial score (nSPS) is 11.0. The summed E-state index contributed by atoms with van der Waals surface area (Å²) >= 11 is 12.2. The van der Waals surface area contributed by atoms with Crippen LogP contribution in [0.1, 0.15) is 11.3 Å². The van der Waals surface area contributed by atoms with E-state index in [-0.39, 0.29) is 36.4 Å². The first-order valence-electron chi connectivity index (χ1n) is 9.26. The first-order valence-corrected chi connectivity index (χ1v) is 10.0. The molecule has 2 heterocycles. The molecule has 2 aromatic heterocycles. The van der Waals surface area contributed by atoms with Crippen molar-refractivity contribution in [2.24, 2.45) is 12.0 Å². The number of halogens is 3. The van der Waals surface area contributed by atoms with Gasteiger partial charge in [-0.3, -0.25) is 14.5 Å². The molecule has 3 aromatic rings. The van der Waals surface area contributed by atoms with Crippen molar-refractivity contribution in [1.82, 2.24) is 25.0 Å². The van der Waals surface area contributed by atoms with Gasteiger partial charge in [0.25, 0.3) is 0 Å². The summed E-state index contributed by atoms with van der Waals surface area (Å²) in [4.78, 5) is 16.4. The number of anilines is 1. The Kier molecular flexibility index (Phi) is 9.66. The van der Waals surface area contributed by atoms with E-state index in [0.29, 0.717) is 29.2 Å². The molecule has 0 saturated heterocycles. The van der Waals surface area contributed by atoms with Crippen molar-refractivity contribution in [3.63, 3.8) is 0 Å². The number of carbonyl (C=O) groups excluding carboxylic acids is 1. The number of guanidine groups is 1. The fourth-order valence-electron chi connectivity index (χ4n) is 2.84. The predicted octanol–water partition coefficient (Wildman–Crippen LogP) is 3.65. The lowest BCUT2D eigenvalue weighted by atomic mass is 10.2. The molecule has 0 unspecified atom stereocenters. The van der Waals surface area contributed by atoms with Gasteiger partial charge in [-0.25, -0.2) is 0 Å². The fraction of sp³-hybridized carbons (Fsp3) is 0.250. The zero-order valence-electron chi connectivity index (χ0n) is 17.1. The van der Waals surface area contributed by atoms with Crippen molar-refractivity contribution in [3.05, 3.63) is 70.2 Å². The van der Waals surface area contributed by atoms with Crippen LogP contribution in [-0.2, 0) is 31.5 Å². The topological polar surface area (TPSA) is 88.3 Å². The van der Waals surface area contributed by atoms with Crippen molar-refractivity contribution in [2.75, 3.05) is 12.4 Å². The highest BCUT2D eigenvalue weighted by Crippen LogP contribution is 2.24. The summed E-state index contributed by atoms with van der Waals surface area (Å²) in [7, 11) is 3.56. The van der Waals surface area contributed by atoms with Crippen LogP contribution >= 0.6 is 47.2 Å². The molecule has 1 amide bonds. The summed E-state index contributed by atoms with van der Waals surface area (Å²) in [5.74, 6) is 0.498. The van der Waals surface area contributed by atoms with Crippen molar-refractivity contribution < 1.29 is 4.79 Å². The van der Waals surface area contributed by atoms with Crippen molar-refractivity contribution in [2.45, 2.75) is 19.6 Å². The van der Waals surface area contributed by atoms with Crippen LogP contribution in [0.2, 0.25) is 10.2 Å². The maximum Gasteiger partial charge on any atom is 0.246 e. The van der Waals surface area contributed by atoms with E-state index in [1.165, 1.54) is 0 Å². The number of hydrogen-bond donors (Lipinski definition) is 3. The van der Waals surface area contributed by atoms with Gasteiger partial charge in [-0.1, -0.05) is 35.3 Å². The highest BCUT2D eigenvalue weighted by atomic mass is 127. The van der Waals surface area contributed by atoms with E-state index in [4.69, 9.17) is 23.2 Å². The average molecular weight is 576 g/mol. The van der Waals surface area contributed by atoms with Gasteiger partial charge in [-0.05, 0) is 29.8 Å². The van der Waals surface area contributed by atoms with Crippen molar-refractivity contribution in [1.29, 1.82) is 0 Å². The van der Waals surface area contributed by atoms with E-state index in [1.807, 2.05) is 41.9 Å². The molecule has 3 rings (SSSR count). The Labute approximate surface area is 208 Å². The number of amides is 1. The quantitative estimate of drug-likeness (QED) is 0.228.